The minimum Gasteiger partial charge on any atom is -0.451 e. The molecular weight excluding hydrogens is 432 g/mol. The molecule has 0 spiro atoms. The molecule has 1 aromatic carbocycles. The van der Waals surface area contributed by atoms with Crippen LogP contribution in [0.2, 0.25) is 0 Å². The number of aryl methyl sites for hydroxylation is 1. The van der Waals surface area contributed by atoms with Gasteiger partial charge in [-0.1, -0.05) is 12.1 Å². The van der Waals surface area contributed by atoms with Crippen molar-refractivity contribution >= 4 is 50.7 Å². The molecule has 0 atom stereocenters. The van der Waals surface area contributed by atoms with Crippen molar-refractivity contribution in [1.29, 1.82) is 0 Å². The topological polar surface area (TPSA) is 92.8 Å². The van der Waals surface area contributed by atoms with E-state index in [0.29, 0.717) is 18.8 Å². The lowest BCUT2D eigenvalue weighted by Gasteiger charge is -2.25. The highest BCUT2D eigenvalue weighted by molar-refractivity contribution is 7.99. The number of hydrogen-bond donors (Lipinski definition) is 1. The van der Waals surface area contributed by atoms with Gasteiger partial charge in [0.05, 0.1) is 0 Å². The maximum Gasteiger partial charge on any atom is 0.350 e. The van der Waals surface area contributed by atoms with Gasteiger partial charge in [0, 0.05) is 30.3 Å². The summed E-state index contributed by atoms with van der Waals surface area (Å²) in [5, 5.41) is 4.25. The molecular formula is C19H22N2O5S3. The molecule has 3 rings (SSSR count). The number of amides is 1. The summed E-state index contributed by atoms with van der Waals surface area (Å²) in [6.45, 7) is 4.15. The fourth-order valence-corrected chi connectivity index (χ4v) is 6.70. The molecule has 7 nitrogen and oxygen atoms in total. The van der Waals surface area contributed by atoms with Gasteiger partial charge in [0.2, 0.25) is 10.0 Å². The molecule has 0 aliphatic carbocycles. The maximum absolute atomic E-state index is 12.9. The van der Waals surface area contributed by atoms with Crippen LogP contribution < -0.4 is 5.32 Å². The van der Waals surface area contributed by atoms with Crippen molar-refractivity contribution in [2.45, 2.75) is 18.7 Å². The molecule has 0 radical (unpaired) electrons. The number of nitrogens with one attached hydrogen (secondary N) is 1. The predicted octanol–water partition coefficient (Wildman–Crippen LogP) is 2.90. The molecule has 156 valence electrons. The molecule has 2 aromatic rings. The number of esters is 1. The third-order valence-corrected chi connectivity index (χ3v) is 8.52. The number of thiophene rings is 1. The Hall–Kier alpha value is -1.88. The summed E-state index contributed by atoms with van der Waals surface area (Å²) in [4.78, 5) is 24.5. The number of carbonyl (C=O) groups excluding carboxylic acids is 2. The van der Waals surface area contributed by atoms with Crippen molar-refractivity contribution in [3.8, 4) is 0 Å². The van der Waals surface area contributed by atoms with Gasteiger partial charge in [-0.25, -0.2) is 13.2 Å². The predicted molar refractivity (Wildman–Crippen MR) is 115 cm³/mol. The normalized spacial score (nSPS) is 15.1. The largest absolute Gasteiger partial charge is 0.451 e. The van der Waals surface area contributed by atoms with Crippen LogP contribution in [0.15, 0.2) is 34.5 Å². The zero-order valence-corrected chi connectivity index (χ0v) is 18.6. The fourth-order valence-electron chi connectivity index (χ4n) is 2.84. The SMILES string of the molecule is Cc1cccc(NC(=O)COC(=O)c2sccc2S(=O)(=O)N2CCSCC2)c1C. The van der Waals surface area contributed by atoms with Crippen LogP contribution in [0.1, 0.15) is 20.8 Å². The molecule has 29 heavy (non-hydrogen) atoms. The lowest BCUT2D eigenvalue weighted by Crippen LogP contribution is -2.38. The molecule has 1 saturated heterocycles. The molecule has 2 heterocycles. The molecule has 1 aliphatic rings. The minimum atomic E-state index is -3.76. The third-order valence-electron chi connectivity index (χ3n) is 4.62. The fraction of sp³-hybridized carbons (Fsp3) is 0.368. The summed E-state index contributed by atoms with van der Waals surface area (Å²) < 4.78 is 32.2. The summed E-state index contributed by atoms with van der Waals surface area (Å²) >= 11 is 2.69. The molecule has 0 bridgehead atoms. The number of thioether (sulfide) groups is 1. The summed E-state index contributed by atoms with van der Waals surface area (Å²) in [6.07, 6.45) is 0. The van der Waals surface area contributed by atoms with E-state index < -0.39 is 28.5 Å². The van der Waals surface area contributed by atoms with Crippen LogP contribution in [0.4, 0.5) is 5.69 Å². The van der Waals surface area contributed by atoms with Crippen LogP contribution >= 0.6 is 23.1 Å². The van der Waals surface area contributed by atoms with Crippen molar-refractivity contribution in [2.75, 3.05) is 36.5 Å². The Kier molecular flexibility index (Phi) is 6.99. The molecule has 1 fully saturated rings. The highest BCUT2D eigenvalue weighted by Crippen LogP contribution is 2.27. The monoisotopic (exact) mass is 454 g/mol. The first kappa shape index (κ1) is 21.8. The van der Waals surface area contributed by atoms with Gasteiger partial charge in [-0.3, -0.25) is 4.79 Å². The average molecular weight is 455 g/mol. The van der Waals surface area contributed by atoms with E-state index in [1.54, 1.807) is 23.2 Å². The molecule has 10 heteroatoms. The van der Waals surface area contributed by atoms with E-state index in [4.69, 9.17) is 4.74 Å². The van der Waals surface area contributed by atoms with Crippen molar-refractivity contribution in [3.63, 3.8) is 0 Å². The van der Waals surface area contributed by atoms with Crippen LogP contribution in [0.25, 0.3) is 0 Å². The summed E-state index contributed by atoms with van der Waals surface area (Å²) in [5.74, 6) is 0.144. The number of anilines is 1. The Morgan fingerprint density at radius 1 is 1.17 bits per heavy atom. The zero-order valence-electron chi connectivity index (χ0n) is 16.1. The Balaban J connectivity index is 1.65. The Bertz CT molecular complexity index is 1010. The minimum absolute atomic E-state index is 0.0113. The van der Waals surface area contributed by atoms with Gasteiger partial charge in [-0.05, 0) is 42.5 Å². The first-order chi connectivity index (χ1) is 13.8. The lowest BCUT2D eigenvalue weighted by molar-refractivity contribution is -0.119. The van der Waals surface area contributed by atoms with Crippen molar-refractivity contribution in [1.82, 2.24) is 4.31 Å². The second-order valence-corrected chi connectivity index (χ2v) is 10.5. The second-order valence-electron chi connectivity index (χ2n) is 6.50. The second kappa shape index (κ2) is 9.29. The van der Waals surface area contributed by atoms with Crippen LogP contribution in [0, 0.1) is 13.8 Å². The van der Waals surface area contributed by atoms with Gasteiger partial charge in [0.25, 0.3) is 5.91 Å². The number of rotatable bonds is 6. The lowest BCUT2D eigenvalue weighted by atomic mass is 10.1. The summed E-state index contributed by atoms with van der Waals surface area (Å²) in [5.41, 5.74) is 2.61. The van der Waals surface area contributed by atoms with Gasteiger partial charge in [0.15, 0.2) is 6.61 Å². The number of benzene rings is 1. The summed E-state index contributed by atoms with van der Waals surface area (Å²) in [7, 11) is -3.76. The molecule has 1 aliphatic heterocycles. The number of ether oxygens (including phenoxy) is 1. The standard InChI is InChI=1S/C19H22N2O5S3/c1-13-4-3-5-15(14(13)2)20-17(22)12-26-19(23)18-16(6-9-28-18)29(24,25)21-7-10-27-11-8-21/h3-6,9H,7-8,10-12H2,1-2H3,(H,20,22). The van der Waals surface area contributed by atoms with Gasteiger partial charge < -0.3 is 10.1 Å². The Morgan fingerprint density at radius 3 is 2.62 bits per heavy atom. The smallest absolute Gasteiger partial charge is 0.350 e. The van der Waals surface area contributed by atoms with Crippen molar-refractivity contribution in [2.24, 2.45) is 0 Å². The number of nitrogens with zero attached hydrogens (tertiary/aromatic N) is 1. The van der Waals surface area contributed by atoms with Crippen LogP contribution in [-0.4, -0.2) is 55.8 Å². The van der Waals surface area contributed by atoms with Gasteiger partial charge in [-0.15, -0.1) is 11.3 Å². The van der Waals surface area contributed by atoms with Crippen molar-refractivity contribution < 1.29 is 22.7 Å². The first-order valence-corrected chi connectivity index (χ1v) is 12.5. The van der Waals surface area contributed by atoms with E-state index in [2.05, 4.69) is 5.32 Å². The van der Waals surface area contributed by atoms with E-state index in [1.165, 1.54) is 10.4 Å². The van der Waals surface area contributed by atoms with Crippen LogP contribution in [0.3, 0.4) is 0 Å². The van der Waals surface area contributed by atoms with E-state index in [1.807, 2.05) is 26.0 Å². The Labute approximate surface area is 178 Å². The molecule has 1 amide bonds. The van der Waals surface area contributed by atoms with Gasteiger partial charge in [-0.2, -0.15) is 16.1 Å². The zero-order chi connectivity index (χ0) is 21.0. The number of carbonyl (C=O) groups is 2. The highest BCUT2D eigenvalue weighted by atomic mass is 32.2. The molecule has 1 N–H and O–H groups in total. The van der Waals surface area contributed by atoms with Crippen LogP contribution in [0.5, 0.6) is 0 Å². The summed E-state index contributed by atoms with van der Waals surface area (Å²) in [6, 6.07) is 6.94. The molecule has 1 aromatic heterocycles. The average Bonchev–Trinajstić information content (AvgIpc) is 3.21. The van der Waals surface area contributed by atoms with E-state index in [9.17, 15) is 18.0 Å². The van der Waals surface area contributed by atoms with Gasteiger partial charge in [0.1, 0.15) is 9.77 Å². The molecule has 0 unspecified atom stereocenters. The van der Waals surface area contributed by atoms with E-state index in [0.717, 1.165) is 34.0 Å². The Morgan fingerprint density at radius 2 is 1.90 bits per heavy atom. The third kappa shape index (κ3) is 5.00. The maximum atomic E-state index is 12.9. The highest BCUT2D eigenvalue weighted by Gasteiger charge is 2.31. The van der Waals surface area contributed by atoms with Crippen molar-refractivity contribution in [3.05, 3.63) is 45.6 Å². The number of sulfonamides is 1. The van der Waals surface area contributed by atoms with E-state index >= 15 is 0 Å². The van der Waals surface area contributed by atoms with Gasteiger partial charge >= 0.3 is 5.97 Å². The first-order valence-electron chi connectivity index (χ1n) is 8.99. The quantitative estimate of drug-likeness (QED) is 0.675. The number of hydrogen-bond acceptors (Lipinski definition) is 7. The van der Waals surface area contributed by atoms with Crippen LogP contribution in [-0.2, 0) is 19.6 Å². The van der Waals surface area contributed by atoms with E-state index in [-0.39, 0.29) is 9.77 Å². The molecule has 0 saturated carbocycles.